The van der Waals surface area contributed by atoms with Gasteiger partial charge >= 0.3 is 19.2 Å². The summed E-state index contributed by atoms with van der Waals surface area (Å²) in [5, 5.41) is 11.0. The predicted molar refractivity (Wildman–Crippen MR) is 123 cm³/mol. The van der Waals surface area contributed by atoms with E-state index in [1.165, 1.54) is 13.1 Å². The lowest BCUT2D eigenvalue weighted by Crippen LogP contribution is -2.33. The monoisotopic (exact) mass is 486 g/mol. The minimum atomic E-state index is -3.79. The number of nitrogens with zero attached hydrogens (tertiary/aromatic N) is 1. The van der Waals surface area contributed by atoms with E-state index in [1.807, 2.05) is 0 Å². The highest BCUT2D eigenvalue weighted by molar-refractivity contribution is 7.74. The lowest BCUT2D eigenvalue weighted by atomic mass is 10.2. The standard InChI is InChI=1S/C23H23N2O8P/c1-15-13-25(22(28)24-21(15)27)20-12-18(26)19(32-20)14-31-23(29)33-34(30,16-8-4-2-5-9-16)17-10-6-3-7-11-17/h2-11,13,18-20,26H,12,14H2,1H3,(H,24,27,28)/t18-,19+,20+/m0/s1. The molecule has 4 rings (SSSR count). The summed E-state index contributed by atoms with van der Waals surface area (Å²) < 4.78 is 31.0. The Hall–Kier alpha value is -3.46. The number of aryl methyl sites for hydroxylation is 1. The molecule has 2 heterocycles. The van der Waals surface area contributed by atoms with Gasteiger partial charge in [-0.2, -0.15) is 0 Å². The van der Waals surface area contributed by atoms with Gasteiger partial charge in [-0.15, -0.1) is 0 Å². The number of rotatable bonds is 6. The molecule has 1 aliphatic rings. The van der Waals surface area contributed by atoms with Crippen molar-refractivity contribution in [2.45, 2.75) is 31.8 Å². The highest BCUT2D eigenvalue weighted by atomic mass is 31.2. The van der Waals surface area contributed by atoms with Gasteiger partial charge in [-0.3, -0.25) is 18.9 Å². The predicted octanol–water partition coefficient (Wildman–Crippen LogP) is 1.58. The van der Waals surface area contributed by atoms with E-state index in [9.17, 15) is 24.1 Å². The van der Waals surface area contributed by atoms with Crippen molar-refractivity contribution in [1.82, 2.24) is 9.55 Å². The molecule has 1 aromatic heterocycles. The van der Waals surface area contributed by atoms with E-state index >= 15 is 0 Å². The van der Waals surface area contributed by atoms with Crippen LogP contribution in [0.2, 0.25) is 0 Å². The molecule has 0 amide bonds. The normalized spacial score (nSPS) is 20.1. The summed E-state index contributed by atoms with van der Waals surface area (Å²) in [5.74, 6) is 0. The first-order valence-corrected chi connectivity index (χ1v) is 12.1. The molecule has 34 heavy (non-hydrogen) atoms. The van der Waals surface area contributed by atoms with Crippen LogP contribution in [0.3, 0.4) is 0 Å². The van der Waals surface area contributed by atoms with E-state index < -0.39 is 49.8 Å². The molecule has 0 saturated carbocycles. The summed E-state index contributed by atoms with van der Waals surface area (Å²) in [4.78, 5) is 38.4. The molecule has 2 N–H and O–H groups in total. The quantitative estimate of drug-likeness (QED) is 0.396. The number of aliphatic hydroxyl groups is 1. The molecule has 10 nitrogen and oxygen atoms in total. The van der Waals surface area contributed by atoms with Gasteiger partial charge in [0.25, 0.3) is 5.56 Å². The first kappa shape index (κ1) is 23.7. The summed E-state index contributed by atoms with van der Waals surface area (Å²) in [5.41, 5.74) is -0.886. The zero-order valence-corrected chi connectivity index (χ0v) is 19.1. The summed E-state index contributed by atoms with van der Waals surface area (Å²) >= 11 is 0. The van der Waals surface area contributed by atoms with E-state index in [1.54, 1.807) is 60.7 Å². The molecule has 178 valence electrons. The van der Waals surface area contributed by atoms with Crippen LogP contribution < -0.4 is 21.9 Å². The number of hydrogen-bond acceptors (Lipinski definition) is 8. The Morgan fingerprint density at radius 1 is 1.12 bits per heavy atom. The first-order valence-electron chi connectivity index (χ1n) is 10.5. The molecule has 0 radical (unpaired) electrons. The van der Waals surface area contributed by atoms with Gasteiger partial charge in [0, 0.05) is 18.2 Å². The fourth-order valence-corrected chi connectivity index (χ4v) is 5.52. The molecule has 11 heteroatoms. The Morgan fingerprint density at radius 2 is 1.71 bits per heavy atom. The number of aliphatic hydroxyl groups excluding tert-OH is 1. The van der Waals surface area contributed by atoms with Gasteiger partial charge in [-0.1, -0.05) is 36.4 Å². The molecule has 3 atom stereocenters. The van der Waals surface area contributed by atoms with Gasteiger partial charge in [0.15, 0.2) is 0 Å². The third kappa shape index (κ3) is 4.89. The van der Waals surface area contributed by atoms with Crippen LogP contribution in [0.5, 0.6) is 0 Å². The van der Waals surface area contributed by atoms with Gasteiger partial charge in [0.05, 0.1) is 16.7 Å². The summed E-state index contributed by atoms with van der Waals surface area (Å²) in [7, 11) is -3.79. The van der Waals surface area contributed by atoms with Crippen LogP contribution in [0.1, 0.15) is 18.2 Å². The summed E-state index contributed by atoms with van der Waals surface area (Å²) in [6, 6.07) is 16.6. The van der Waals surface area contributed by atoms with Gasteiger partial charge in [-0.25, -0.2) is 9.59 Å². The number of hydrogen-bond donors (Lipinski definition) is 2. The number of nitrogens with one attached hydrogen (secondary N) is 1. The second-order valence-corrected chi connectivity index (χ2v) is 10.1. The summed E-state index contributed by atoms with van der Waals surface area (Å²) in [6.45, 7) is 1.14. The number of H-pyrrole nitrogens is 1. The Morgan fingerprint density at radius 3 is 2.29 bits per heavy atom. The minimum absolute atomic E-state index is 0.0426. The number of aromatic amines is 1. The molecule has 0 aliphatic carbocycles. The van der Waals surface area contributed by atoms with E-state index in [-0.39, 0.29) is 6.42 Å². The van der Waals surface area contributed by atoms with Crippen molar-refractivity contribution in [3.63, 3.8) is 0 Å². The van der Waals surface area contributed by atoms with Crippen molar-refractivity contribution in [1.29, 1.82) is 0 Å². The minimum Gasteiger partial charge on any atom is -0.431 e. The van der Waals surface area contributed by atoms with Crippen molar-refractivity contribution in [2.75, 3.05) is 6.61 Å². The molecule has 0 spiro atoms. The maximum Gasteiger partial charge on any atom is 0.513 e. The van der Waals surface area contributed by atoms with Crippen molar-refractivity contribution in [3.05, 3.63) is 93.3 Å². The number of ether oxygens (including phenoxy) is 2. The molecular formula is C23H23N2O8P. The average molecular weight is 486 g/mol. The van der Waals surface area contributed by atoms with Gasteiger partial charge in [-0.05, 0) is 31.2 Å². The topological polar surface area (TPSA) is 137 Å². The molecule has 0 unspecified atom stereocenters. The maximum absolute atomic E-state index is 13.8. The maximum atomic E-state index is 13.8. The van der Waals surface area contributed by atoms with Crippen LogP contribution in [0.4, 0.5) is 4.79 Å². The van der Waals surface area contributed by atoms with Crippen molar-refractivity contribution >= 4 is 24.1 Å². The molecule has 0 bridgehead atoms. The number of aromatic nitrogens is 2. The number of carbonyl (C=O) groups excluding carboxylic acids is 1. The van der Waals surface area contributed by atoms with Gasteiger partial charge in [0.2, 0.25) is 0 Å². The van der Waals surface area contributed by atoms with Crippen LogP contribution in [0.25, 0.3) is 0 Å². The van der Waals surface area contributed by atoms with Crippen molar-refractivity contribution < 1.29 is 28.5 Å². The van der Waals surface area contributed by atoms with E-state index in [0.29, 0.717) is 16.2 Å². The highest BCUT2D eigenvalue weighted by Crippen LogP contribution is 2.45. The van der Waals surface area contributed by atoms with Crippen LogP contribution in [-0.2, 0) is 18.6 Å². The van der Waals surface area contributed by atoms with E-state index in [4.69, 9.17) is 14.0 Å². The van der Waals surface area contributed by atoms with Crippen molar-refractivity contribution in [3.8, 4) is 0 Å². The van der Waals surface area contributed by atoms with Crippen molar-refractivity contribution in [2.24, 2.45) is 0 Å². The number of carbonyl (C=O) groups is 1. The third-order valence-electron chi connectivity index (χ3n) is 5.42. The lowest BCUT2D eigenvalue weighted by Gasteiger charge is -2.20. The molecule has 1 aliphatic heterocycles. The number of benzene rings is 2. The smallest absolute Gasteiger partial charge is 0.431 e. The highest BCUT2D eigenvalue weighted by Gasteiger charge is 2.38. The Kier molecular flexibility index (Phi) is 6.83. The van der Waals surface area contributed by atoms with Gasteiger partial charge in [0.1, 0.15) is 18.9 Å². The molecular weight excluding hydrogens is 463 g/mol. The van der Waals surface area contributed by atoms with Crippen LogP contribution in [0, 0.1) is 6.92 Å². The third-order valence-corrected chi connectivity index (χ3v) is 7.78. The first-order chi connectivity index (χ1) is 16.3. The largest absolute Gasteiger partial charge is 0.513 e. The second kappa shape index (κ2) is 9.80. The fraction of sp³-hybridized carbons (Fsp3) is 0.261. The van der Waals surface area contributed by atoms with Crippen LogP contribution in [0.15, 0.2) is 76.4 Å². The zero-order valence-electron chi connectivity index (χ0n) is 18.2. The summed E-state index contributed by atoms with van der Waals surface area (Å²) in [6.07, 6.45) is -2.67. The zero-order chi connectivity index (χ0) is 24.3. The van der Waals surface area contributed by atoms with Crippen LogP contribution >= 0.6 is 7.37 Å². The lowest BCUT2D eigenvalue weighted by molar-refractivity contribution is -0.0535. The Balaban J connectivity index is 1.45. The molecule has 3 aromatic rings. The van der Waals surface area contributed by atoms with Gasteiger partial charge < -0.3 is 19.1 Å². The Labute approximate surface area is 194 Å². The molecule has 2 aromatic carbocycles. The second-order valence-electron chi connectivity index (χ2n) is 7.79. The van der Waals surface area contributed by atoms with E-state index in [2.05, 4.69) is 4.98 Å². The SMILES string of the molecule is Cc1cn([C@H]2C[C@H](O)[C@@H](COC(=O)OP(=O)(c3ccccc3)c3ccccc3)O2)c(=O)[nH]c1=O. The van der Waals surface area contributed by atoms with Crippen LogP contribution in [-0.4, -0.2) is 39.6 Å². The average Bonchev–Trinajstić information content (AvgIpc) is 3.21. The fourth-order valence-electron chi connectivity index (χ4n) is 3.62. The van der Waals surface area contributed by atoms with E-state index in [0.717, 1.165) is 4.57 Å². The Bertz CT molecular complexity index is 1280. The molecule has 1 fully saturated rings. The molecule has 1 saturated heterocycles.